The van der Waals surface area contributed by atoms with Gasteiger partial charge < -0.3 is 10.2 Å². The minimum Gasteiger partial charge on any atom is -0.457 e. The van der Waals surface area contributed by atoms with Gasteiger partial charge in [-0.1, -0.05) is 12.1 Å². The lowest BCUT2D eigenvalue weighted by molar-refractivity contribution is 0.525. The molecule has 0 saturated heterocycles. The highest BCUT2D eigenvalue weighted by atomic mass is 16.3. The van der Waals surface area contributed by atoms with Crippen molar-refractivity contribution in [3.8, 4) is 6.07 Å². The van der Waals surface area contributed by atoms with Crippen LogP contribution in [0, 0.1) is 18.3 Å². The number of aromatic nitrogens is 1. The maximum Gasteiger partial charge on any atom is 0.152 e. The zero-order valence-electron chi connectivity index (χ0n) is 11.0. The molecule has 0 bridgehead atoms. The molecule has 1 atom stereocenters. The molecule has 0 fully saturated rings. The summed E-state index contributed by atoms with van der Waals surface area (Å²) in [6.45, 7) is 1.93. The second kappa shape index (κ2) is 4.80. The maximum absolute atomic E-state index is 8.94. The number of nitriles is 1. The van der Waals surface area contributed by atoms with Crippen molar-refractivity contribution < 1.29 is 4.42 Å². The van der Waals surface area contributed by atoms with Crippen molar-refractivity contribution >= 4 is 11.1 Å². The van der Waals surface area contributed by atoms with Gasteiger partial charge in [0, 0.05) is 11.8 Å². The highest BCUT2D eigenvalue weighted by molar-refractivity contribution is 5.73. The normalized spacial score (nSPS) is 12.2. The first-order valence-corrected chi connectivity index (χ1v) is 6.30. The summed E-state index contributed by atoms with van der Waals surface area (Å²) >= 11 is 0. The van der Waals surface area contributed by atoms with E-state index in [1.165, 1.54) is 0 Å². The highest BCUT2D eigenvalue weighted by Gasteiger charge is 2.15. The summed E-state index contributed by atoms with van der Waals surface area (Å²) in [5.41, 5.74) is 10.1. The lowest BCUT2D eigenvalue weighted by Crippen LogP contribution is -2.10. The SMILES string of the molecule is Cc1ccc2oc(C(N)c3cccc(C#N)c3)cc2n1. The molecule has 4 nitrogen and oxygen atoms in total. The number of nitrogens with two attached hydrogens (primary N) is 1. The second-order valence-corrected chi connectivity index (χ2v) is 4.70. The van der Waals surface area contributed by atoms with E-state index in [0.29, 0.717) is 11.3 Å². The lowest BCUT2D eigenvalue weighted by atomic mass is 10.0. The van der Waals surface area contributed by atoms with Crippen LogP contribution in [-0.4, -0.2) is 4.98 Å². The van der Waals surface area contributed by atoms with Gasteiger partial charge in [-0.25, -0.2) is 4.98 Å². The molecule has 20 heavy (non-hydrogen) atoms. The molecule has 0 radical (unpaired) electrons. The van der Waals surface area contributed by atoms with Crippen LogP contribution in [0.3, 0.4) is 0 Å². The molecule has 4 heteroatoms. The molecule has 2 N–H and O–H groups in total. The van der Waals surface area contributed by atoms with Crippen LogP contribution in [-0.2, 0) is 0 Å². The van der Waals surface area contributed by atoms with Crippen molar-refractivity contribution in [2.24, 2.45) is 5.73 Å². The van der Waals surface area contributed by atoms with E-state index in [-0.39, 0.29) is 0 Å². The largest absolute Gasteiger partial charge is 0.457 e. The van der Waals surface area contributed by atoms with Gasteiger partial charge in [0.25, 0.3) is 0 Å². The Bertz CT molecular complexity index is 814. The van der Waals surface area contributed by atoms with Crippen LogP contribution < -0.4 is 5.73 Å². The maximum atomic E-state index is 8.94. The van der Waals surface area contributed by atoms with Crippen molar-refractivity contribution in [3.63, 3.8) is 0 Å². The molecule has 1 aromatic carbocycles. The van der Waals surface area contributed by atoms with Crippen LogP contribution in [0.1, 0.15) is 28.6 Å². The minimum atomic E-state index is -0.405. The number of benzene rings is 1. The van der Waals surface area contributed by atoms with Gasteiger partial charge in [-0.3, -0.25) is 0 Å². The minimum absolute atomic E-state index is 0.405. The third kappa shape index (κ3) is 2.15. The number of furan rings is 1. The van der Waals surface area contributed by atoms with Crippen LogP contribution in [0.25, 0.3) is 11.1 Å². The molecular weight excluding hydrogens is 250 g/mol. The summed E-state index contributed by atoms with van der Waals surface area (Å²) in [6.07, 6.45) is 0. The summed E-state index contributed by atoms with van der Waals surface area (Å²) in [5.74, 6) is 0.646. The first kappa shape index (κ1) is 12.4. The molecule has 0 saturated carbocycles. The Hall–Kier alpha value is -2.64. The molecule has 2 aromatic heterocycles. The summed E-state index contributed by atoms with van der Waals surface area (Å²) in [7, 11) is 0. The average Bonchev–Trinajstić information content (AvgIpc) is 2.89. The molecule has 2 heterocycles. The Morgan fingerprint density at radius 1 is 1.25 bits per heavy atom. The Labute approximate surface area is 116 Å². The van der Waals surface area contributed by atoms with Crippen molar-refractivity contribution in [1.29, 1.82) is 5.26 Å². The van der Waals surface area contributed by atoms with E-state index < -0.39 is 6.04 Å². The van der Waals surface area contributed by atoms with E-state index in [2.05, 4.69) is 11.1 Å². The van der Waals surface area contributed by atoms with Crippen molar-refractivity contribution in [3.05, 3.63) is 65.0 Å². The summed E-state index contributed by atoms with van der Waals surface area (Å²) in [6, 6.07) is 14.6. The Morgan fingerprint density at radius 2 is 2.10 bits per heavy atom. The van der Waals surface area contributed by atoms with Gasteiger partial charge in [0.2, 0.25) is 0 Å². The summed E-state index contributed by atoms with van der Waals surface area (Å²) < 4.78 is 5.74. The van der Waals surface area contributed by atoms with Gasteiger partial charge in [-0.2, -0.15) is 5.26 Å². The number of fused-ring (bicyclic) bond motifs is 1. The molecule has 0 amide bonds. The van der Waals surface area contributed by atoms with Gasteiger partial charge >= 0.3 is 0 Å². The van der Waals surface area contributed by atoms with Gasteiger partial charge in [0.05, 0.1) is 17.7 Å². The van der Waals surface area contributed by atoms with Gasteiger partial charge in [-0.05, 0) is 36.8 Å². The highest BCUT2D eigenvalue weighted by Crippen LogP contribution is 2.26. The molecule has 1 unspecified atom stereocenters. The number of aryl methyl sites for hydroxylation is 1. The summed E-state index contributed by atoms with van der Waals surface area (Å²) in [4.78, 5) is 4.40. The quantitative estimate of drug-likeness (QED) is 0.771. The van der Waals surface area contributed by atoms with E-state index in [1.54, 1.807) is 12.1 Å². The fourth-order valence-corrected chi connectivity index (χ4v) is 2.16. The fraction of sp³-hybridized carbons (Fsp3) is 0.125. The van der Waals surface area contributed by atoms with Crippen LogP contribution >= 0.6 is 0 Å². The first-order valence-electron chi connectivity index (χ1n) is 6.30. The molecule has 0 aliphatic heterocycles. The Morgan fingerprint density at radius 3 is 2.90 bits per heavy atom. The van der Waals surface area contributed by atoms with Gasteiger partial charge in [0.1, 0.15) is 11.3 Å². The molecule has 0 aliphatic rings. The molecule has 0 aliphatic carbocycles. The number of pyridine rings is 1. The predicted molar refractivity (Wildman–Crippen MR) is 75.9 cm³/mol. The average molecular weight is 263 g/mol. The first-order chi connectivity index (χ1) is 9.67. The lowest BCUT2D eigenvalue weighted by Gasteiger charge is -2.08. The van der Waals surface area contributed by atoms with E-state index in [1.807, 2.05) is 37.3 Å². The van der Waals surface area contributed by atoms with Gasteiger partial charge in [-0.15, -0.1) is 0 Å². The van der Waals surface area contributed by atoms with Crippen molar-refractivity contribution in [1.82, 2.24) is 4.98 Å². The predicted octanol–water partition coefficient (Wildman–Crippen LogP) is 3.06. The van der Waals surface area contributed by atoms with Crippen LogP contribution in [0.2, 0.25) is 0 Å². The number of hydrogen-bond donors (Lipinski definition) is 1. The van der Waals surface area contributed by atoms with Crippen LogP contribution in [0.5, 0.6) is 0 Å². The van der Waals surface area contributed by atoms with E-state index >= 15 is 0 Å². The monoisotopic (exact) mass is 263 g/mol. The van der Waals surface area contributed by atoms with Gasteiger partial charge in [0.15, 0.2) is 5.58 Å². The number of rotatable bonds is 2. The molecule has 98 valence electrons. The molecule has 3 aromatic rings. The molecule has 0 spiro atoms. The Balaban J connectivity index is 2.03. The third-order valence-electron chi connectivity index (χ3n) is 3.21. The van der Waals surface area contributed by atoms with Crippen molar-refractivity contribution in [2.75, 3.05) is 0 Å². The van der Waals surface area contributed by atoms with Crippen LogP contribution in [0.4, 0.5) is 0 Å². The third-order valence-corrected chi connectivity index (χ3v) is 3.21. The zero-order valence-corrected chi connectivity index (χ0v) is 11.0. The fourth-order valence-electron chi connectivity index (χ4n) is 2.16. The zero-order chi connectivity index (χ0) is 14.1. The summed E-state index contributed by atoms with van der Waals surface area (Å²) in [5, 5.41) is 8.94. The van der Waals surface area contributed by atoms with E-state index in [0.717, 1.165) is 22.4 Å². The second-order valence-electron chi connectivity index (χ2n) is 4.70. The standard InChI is InChI=1S/C16H13N3O/c1-10-5-6-14-13(19-10)8-15(20-14)16(18)12-4-2-3-11(7-12)9-17/h2-8,16H,18H2,1H3. The molecule has 3 rings (SSSR count). The Kier molecular flexibility index (Phi) is 2.97. The van der Waals surface area contributed by atoms with Crippen LogP contribution in [0.15, 0.2) is 46.9 Å². The smallest absolute Gasteiger partial charge is 0.152 e. The topological polar surface area (TPSA) is 75.8 Å². The number of nitrogens with zero attached hydrogens (tertiary/aromatic N) is 2. The van der Waals surface area contributed by atoms with E-state index in [9.17, 15) is 0 Å². The molecular formula is C16H13N3O. The van der Waals surface area contributed by atoms with E-state index in [4.69, 9.17) is 15.4 Å². The van der Waals surface area contributed by atoms with Crippen molar-refractivity contribution in [2.45, 2.75) is 13.0 Å². The number of hydrogen-bond acceptors (Lipinski definition) is 4.